The van der Waals surface area contributed by atoms with Crippen molar-refractivity contribution in [3.05, 3.63) is 35.4 Å². The van der Waals surface area contributed by atoms with E-state index in [2.05, 4.69) is 5.32 Å². The molecule has 1 aliphatic carbocycles. The highest BCUT2D eigenvalue weighted by molar-refractivity contribution is 7.17. The first-order chi connectivity index (χ1) is 12.5. The summed E-state index contributed by atoms with van der Waals surface area (Å²) >= 11 is 0. The van der Waals surface area contributed by atoms with E-state index in [1.54, 1.807) is 24.3 Å². The molecule has 6 nitrogen and oxygen atoms in total. The van der Waals surface area contributed by atoms with E-state index < -0.39 is 12.1 Å². The number of carbonyl (C=O) groups is 1. The molecule has 1 fully saturated rings. The van der Waals surface area contributed by atoms with Gasteiger partial charge in [-0.15, -0.1) is 0 Å². The Hall–Kier alpha value is -1.33. The van der Waals surface area contributed by atoms with Gasteiger partial charge in [-0.1, -0.05) is 31.4 Å². The molecule has 0 radical (unpaired) electrons. The van der Waals surface area contributed by atoms with Gasteiger partial charge in [0.1, 0.15) is 0 Å². The second-order valence-corrected chi connectivity index (χ2v) is 7.42. The van der Waals surface area contributed by atoms with Gasteiger partial charge in [0, 0.05) is 19.0 Å². The van der Waals surface area contributed by atoms with Crippen LogP contribution in [0, 0.1) is 5.92 Å². The predicted octanol–water partition coefficient (Wildman–Crippen LogP) is 3.96. The van der Waals surface area contributed by atoms with Gasteiger partial charge in [-0.25, -0.2) is 9.36 Å². The number of nitrogens with one attached hydrogen (secondary N) is 1. The number of carboxylic acids is 1. The zero-order valence-electron chi connectivity index (χ0n) is 15.1. The number of hydrogen-bond acceptors (Lipinski definition) is 5. The van der Waals surface area contributed by atoms with Crippen molar-refractivity contribution in [1.82, 2.24) is 5.32 Å². The molecule has 26 heavy (non-hydrogen) atoms. The van der Waals surface area contributed by atoms with E-state index in [4.69, 9.17) is 9.63 Å². The number of hydrogen-bond donors (Lipinski definition) is 3. The molecule has 1 aliphatic rings. The number of aromatic carboxylic acids is 1. The van der Waals surface area contributed by atoms with E-state index in [1.807, 2.05) is 6.92 Å². The minimum absolute atomic E-state index is 0.0147. The number of aliphatic hydroxyl groups is 1. The fraction of sp³-hybridized carbons (Fsp3) is 0.632. The molecule has 7 heteroatoms. The Morgan fingerprint density at radius 1 is 1.27 bits per heavy atom. The topological polar surface area (TPSA) is 95.9 Å². The van der Waals surface area contributed by atoms with Gasteiger partial charge in [-0.3, -0.25) is 4.52 Å². The molecule has 3 N–H and O–H groups in total. The molecule has 1 saturated carbocycles. The van der Waals surface area contributed by atoms with Crippen LogP contribution >= 0.6 is 8.69 Å². The smallest absolute Gasteiger partial charge is 0.335 e. The molecule has 0 aromatic heterocycles. The standard InChI is InChI=1S/C19H28NO5P/c1-13(14-7-9-16(10-8-14)19(22)23)20-12-17(21)11-18(25-26-24)15-5-3-2-4-6-15/h7-10,13,15,17-18,20-21H,2-6,11-12H2,1H3,(H,22,23)/t13?,17-,18?/m0/s1. The van der Waals surface area contributed by atoms with Crippen LogP contribution in [0.25, 0.3) is 0 Å². The number of aliphatic hydroxyl groups excluding tert-OH is 1. The van der Waals surface area contributed by atoms with Gasteiger partial charge in [-0.2, -0.15) is 0 Å². The fourth-order valence-corrected chi connectivity index (χ4v) is 3.95. The van der Waals surface area contributed by atoms with Crippen LogP contribution in [0.4, 0.5) is 0 Å². The first-order valence-corrected chi connectivity index (χ1v) is 9.97. The highest BCUT2D eigenvalue weighted by Crippen LogP contribution is 2.31. The summed E-state index contributed by atoms with van der Waals surface area (Å²) in [7, 11) is -0.328. The summed E-state index contributed by atoms with van der Waals surface area (Å²) in [6.45, 7) is 2.36. The van der Waals surface area contributed by atoms with Crippen LogP contribution < -0.4 is 5.32 Å². The quantitative estimate of drug-likeness (QED) is 0.531. The summed E-state index contributed by atoms with van der Waals surface area (Å²) in [5.41, 5.74) is 1.21. The van der Waals surface area contributed by atoms with E-state index >= 15 is 0 Å². The van der Waals surface area contributed by atoms with Gasteiger partial charge in [-0.05, 0) is 43.4 Å². The van der Waals surface area contributed by atoms with Crippen LogP contribution in [0.15, 0.2) is 24.3 Å². The lowest BCUT2D eigenvalue weighted by atomic mass is 9.83. The van der Waals surface area contributed by atoms with E-state index in [0.717, 1.165) is 31.2 Å². The largest absolute Gasteiger partial charge is 0.478 e. The summed E-state index contributed by atoms with van der Waals surface area (Å²) in [5, 5.41) is 22.6. The van der Waals surface area contributed by atoms with Crippen LogP contribution in [-0.2, 0) is 9.09 Å². The minimum Gasteiger partial charge on any atom is -0.478 e. The predicted molar refractivity (Wildman–Crippen MR) is 99.5 cm³/mol. The Balaban J connectivity index is 1.82. The molecule has 0 saturated heterocycles. The number of carboxylic acid groups (broad SMARTS) is 1. The molecule has 2 unspecified atom stereocenters. The third-order valence-corrected chi connectivity index (χ3v) is 5.53. The third kappa shape index (κ3) is 6.44. The van der Waals surface area contributed by atoms with E-state index in [9.17, 15) is 14.5 Å². The Morgan fingerprint density at radius 3 is 2.50 bits per heavy atom. The highest BCUT2D eigenvalue weighted by atomic mass is 31.1. The summed E-state index contributed by atoms with van der Waals surface area (Å²) in [4.78, 5) is 10.9. The van der Waals surface area contributed by atoms with Crippen molar-refractivity contribution >= 4 is 14.7 Å². The number of rotatable bonds is 10. The van der Waals surface area contributed by atoms with Crippen molar-refractivity contribution in [2.24, 2.45) is 5.92 Å². The van der Waals surface area contributed by atoms with Crippen LogP contribution in [0.3, 0.4) is 0 Å². The third-order valence-electron chi connectivity index (χ3n) is 5.18. The summed E-state index contributed by atoms with van der Waals surface area (Å²) < 4.78 is 16.3. The monoisotopic (exact) mass is 381 g/mol. The molecule has 0 aliphatic heterocycles. The molecule has 0 amide bonds. The fourth-order valence-electron chi connectivity index (χ4n) is 3.58. The lowest BCUT2D eigenvalue weighted by molar-refractivity contribution is 0.0544. The summed E-state index contributed by atoms with van der Waals surface area (Å²) in [6, 6.07) is 6.69. The van der Waals surface area contributed by atoms with Crippen LogP contribution in [-0.4, -0.2) is 34.9 Å². The van der Waals surface area contributed by atoms with Crippen molar-refractivity contribution in [3.8, 4) is 0 Å². The van der Waals surface area contributed by atoms with Crippen molar-refractivity contribution in [2.75, 3.05) is 6.54 Å². The highest BCUT2D eigenvalue weighted by Gasteiger charge is 2.27. The average molecular weight is 381 g/mol. The normalized spacial score (nSPS) is 19.2. The SMILES string of the molecule is CC(NC[C@@H](O)CC(OP=O)C1CCCCC1)c1ccc(C(=O)O)cc1. The van der Waals surface area contributed by atoms with Gasteiger partial charge in [0.25, 0.3) is 0 Å². The summed E-state index contributed by atoms with van der Waals surface area (Å²) in [5.74, 6) is -0.583. The van der Waals surface area contributed by atoms with Gasteiger partial charge in [0.2, 0.25) is 0 Å². The molecule has 1 aromatic carbocycles. The molecular formula is C19H28NO5P. The molecule has 0 bridgehead atoms. The van der Waals surface area contributed by atoms with E-state index in [0.29, 0.717) is 18.9 Å². The van der Waals surface area contributed by atoms with Crippen LogP contribution in [0.5, 0.6) is 0 Å². The molecular weight excluding hydrogens is 353 g/mol. The minimum atomic E-state index is -0.945. The van der Waals surface area contributed by atoms with Gasteiger partial charge < -0.3 is 15.5 Å². The summed E-state index contributed by atoms with van der Waals surface area (Å²) in [6.07, 6.45) is 5.37. The van der Waals surface area contributed by atoms with Gasteiger partial charge in [0.15, 0.2) is 0 Å². The molecule has 144 valence electrons. The van der Waals surface area contributed by atoms with E-state index in [1.165, 1.54) is 6.42 Å². The molecule has 3 atom stereocenters. The van der Waals surface area contributed by atoms with Gasteiger partial charge >= 0.3 is 14.7 Å². The maximum atomic E-state index is 10.9. The molecule has 2 rings (SSSR count). The Kier molecular flexibility index (Phi) is 8.66. The Bertz CT molecular complexity index is 574. The van der Waals surface area contributed by atoms with E-state index in [-0.39, 0.29) is 26.4 Å². The Morgan fingerprint density at radius 2 is 1.92 bits per heavy atom. The average Bonchev–Trinajstić information content (AvgIpc) is 2.66. The zero-order chi connectivity index (χ0) is 18.9. The second-order valence-electron chi connectivity index (χ2n) is 7.06. The van der Waals surface area contributed by atoms with Crippen molar-refractivity contribution in [2.45, 2.75) is 63.7 Å². The van der Waals surface area contributed by atoms with Crippen molar-refractivity contribution in [1.29, 1.82) is 0 Å². The zero-order valence-corrected chi connectivity index (χ0v) is 16.0. The molecule has 0 spiro atoms. The van der Waals surface area contributed by atoms with Gasteiger partial charge in [0.05, 0.1) is 17.8 Å². The van der Waals surface area contributed by atoms with Crippen molar-refractivity contribution < 1.29 is 24.1 Å². The maximum absolute atomic E-state index is 10.9. The first kappa shape index (κ1) is 21.0. The first-order valence-electron chi connectivity index (χ1n) is 9.24. The second kappa shape index (κ2) is 10.7. The lowest BCUT2D eigenvalue weighted by Gasteiger charge is -2.30. The maximum Gasteiger partial charge on any atom is 0.335 e. The Labute approximate surface area is 156 Å². The number of benzene rings is 1. The molecule has 0 heterocycles. The van der Waals surface area contributed by atoms with Crippen LogP contribution in [0.1, 0.15) is 67.4 Å². The van der Waals surface area contributed by atoms with Crippen LogP contribution in [0.2, 0.25) is 0 Å². The van der Waals surface area contributed by atoms with Crippen molar-refractivity contribution in [3.63, 3.8) is 0 Å². The molecule has 1 aromatic rings. The lowest BCUT2D eigenvalue weighted by Crippen LogP contribution is -2.34.